The van der Waals surface area contributed by atoms with Crippen LogP contribution >= 0.6 is 24.0 Å². The predicted octanol–water partition coefficient (Wildman–Crippen LogP) is 3.70. The third kappa shape index (κ3) is 9.06. The SMILES string of the molecule is CCNC(=NCc1cccc(OCCN(C)C)c1)N(C)Cc1cn(C)nc1C(C)C.I. The summed E-state index contributed by atoms with van der Waals surface area (Å²) < 4.78 is 7.74. The van der Waals surface area contributed by atoms with Gasteiger partial charge in [-0.2, -0.15) is 5.10 Å². The van der Waals surface area contributed by atoms with Gasteiger partial charge in [0.2, 0.25) is 0 Å². The van der Waals surface area contributed by atoms with Gasteiger partial charge in [-0.25, -0.2) is 4.99 Å². The third-order valence-corrected chi connectivity index (χ3v) is 4.71. The lowest BCUT2D eigenvalue weighted by Gasteiger charge is -2.22. The Morgan fingerprint density at radius 2 is 2.00 bits per heavy atom. The number of benzene rings is 1. The van der Waals surface area contributed by atoms with Gasteiger partial charge in [-0.05, 0) is 44.6 Å². The van der Waals surface area contributed by atoms with E-state index in [1.165, 1.54) is 5.56 Å². The van der Waals surface area contributed by atoms with Crippen molar-refractivity contribution in [2.24, 2.45) is 12.0 Å². The first-order chi connectivity index (χ1) is 14.3. The van der Waals surface area contributed by atoms with E-state index in [2.05, 4.69) is 66.4 Å². The van der Waals surface area contributed by atoms with Crippen molar-refractivity contribution in [1.29, 1.82) is 0 Å². The zero-order valence-electron chi connectivity index (χ0n) is 20.1. The van der Waals surface area contributed by atoms with Gasteiger partial charge in [0.1, 0.15) is 12.4 Å². The molecule has 1 aromatic heterocycles. The number of likely N-dealkylation sites (N-methyl/N-ethyl adjacent to an activating group) is 1. The van der Waals surface area contributed by atoms with Gasteiger partial charge in [0.15, 0.2) is 5.96 Å². The Bertz CT molecular complexity index is 818. The van der Waals surface area contributed by atoms with Gasteiger partial charge in [0, 0.05) is 45.5 Å². The van der Waals surface area contributed by atoms with E-state index in [4.69, 9.17) is 9.73 Å². The molecule has 1 aromatic carbocycles. The molecule has 0 amide bonds. The van der Waals surface area contributed by atoms with Crippen molar-refractivity contribution < 1.29 is 4.74 Å². The van der Waals surface area contributed by atoms with Gasteiger partial charge in [-0.3, -0.25) is 4.68 Å². The minimum Gasteiger partial charge on any atom is -0.492 e. The molecule has 0 aliphatic rings. The summed E-state index contributed by atoms with van der Waals surface area (Å²) in [6.07, 6.45) is 2.10. The molecule has 0 unspecified atom stereocenters. The van der Waals surface area contributed by atoms with Crippen LogP contribution in [0.25, 0.3) is 0 Å². The van der Waals surface area contributed by atoms with Gasteiger partial charge in [-0.15, -0.1) is 24.0 Å². The number of hydrogen-bond acceptors (Lipinski definition) is 4. The van der Waals surface area contributed by atoms with Crippen LogP contribution < -0.4 is 10.1 Å². The van der Waals surface area contributed by atoms with Crippen molar-refractivity contribution in [2.45, 2.75) is 39.8 Å². The Balaban J connectivity index is 0.00000480. The second-order valence-corrected chi connectivity index (χ2v) is 8.19. The molecule has 1 heterocycles. The zero-order chi connectivity index (χ0) is 22.1. The molecule has 0 saturated carbocycles. The van der Waals surface area contributed by atoms with Gasteiger partial charge >= 0.3 is 0 Å². The molecule has 0 aliphatic heterocycles. The molecule has 0 spiro atoms. The van der Waals surface area contributed by atoms with E-state index in [1.54, 1.807) is 0 Å². The molecule has 0 radical (unpaired) electrons. The van der Waals surface area contributed by atoms with Crippen molar-refractivity contribution in [3.63, 3.8) is 0 Å². The first-order valence-corrected chi connectivity index (χ1v) is 10.7. The van der Waals surface area contributed by atoms with Gasteiger partial charge in [0.25, 0.3) is 0 Å². The second-order valence-electron chi connectivity index (χ2n) is 8.19. The van der Waals surface area contributed by atoms with E-state index in [-0.39, 0.29) is 24.0 Å². The number of guanidine groups is 1. The Hall–Kier alpha value is -1.81. The molecule has 2 aromatic rings. The summed E-state index contributed by atoms with van der Waals surface area (Å²) in [6, 6.07) is 8.18. The summed E-state index contributed by atoms with van der Waals surface area (Å²) in [5.41, 5.74) is 3.50. The monoisotopic (exact) mass is 542 g/mol. The van der Waals surface area contributed by atoms with Gasteiger partial charge < -0.3 is 19.9 Å². The van der Waals surface area contributed by atoms with E-state index in [0.29, 0.717) is 19.1 Å². The highest BCUT2D eigenvalue weighted by molar-refractivity contribution is 14.0. The van der Waals surface area contributed by atoms with E-state index in [9.17, 15) is 0 Å². The van der Waals surface area contributed by atoms with Crippen LogP contribution in [-0.2, 0) is 20.1 Å². The highest BCUT2D eigenvalue weighted by Gasteiger charge is 2.15. The molecular formula is C23H39IN6O. The molecule has 0 saturated heterocycles. The fourth-order valence-electron chi connectivity index (χ4n) is 3.21. The quantitative estimate of drug-likeness (QED) is 0.282. The van der Waals surface area contributed by atoms with E-state index in [1.807, 2.05) is 38.0 Å². The molecule has 0 bridgehead atoms. The summed E-state index contributed by atoms with van der Waals surface area (Å²) in [4.78, 5) is 9.12. The molecule has 2 rings (SSSR count). The van der Waals surface area contributed by atoms with Crippen molar-refractivity contribution in [3.05, 3.63) is 47.3 Å². The molecule has 31 heavy (non-hydrogen) atoms. The highest BCUT2D eigenvalue weighted by Crippen LogP contribution is 2.19. The summed E-state index contributed by atoms with van der Waals surface area (Å²) >= 11 is 0. The normalized spacial score (nSPS) is 11.6. The first kappa shape index (κ1) is 27.2. The minimum absolute atomic E-state index is 0. The van der Waals surface area contributed by atoms with Crippen LogP contribution in [0.5, 0.6) is 5.75 Å². The second kappa shape index (κ2) is 13.6. The lowest BCUT2D eigenvalue weighted by atomic mass is 10.1. The topological polar surface area (TPSA) is 57.9 Å². The Morgan fingerprint density at radius 3 is 2.65 bits per heavy atom. The standard InChI is InChI=1S/C23H38N6O.HI/c1-8-24-23(28(6)16-20-17-29(7)26-22(20)18(2)3)25-15-19-10-9-11-21(14-19)30-13-12-27(4)5;/h9-11,14,17-18H,8,12-13,15-16H2,1-7H3,(H,24,25);1H. The summed E-state index contributed by atoms with van der Waals surface area (Å²) in [6.45, 7) is 10.2. The van der Waals surface area contributed by atoms with Crippen LogP contribution in [0, 0.1) is 0 Å². The molecule has 0 aliphatic carbocycles. The number of aliphatic imine (C=N–C) groups is 1. The average Bonchev–Trinajstić information content (AvgIpc) is 3.05. The maximum absolute atomic E-state index is 5.85. The van der Waals surface area contributed by atoms with Gasteiger partial charge in [-0.1, -0.05) is 26.0 Å². The molecule has 1 N–H and O–H groups in total. The Labute approximate surface area is 204 Å². The van der Waals surface area contributed by atoms with Crippen molar-refractivity contribution in [2.75, 3.05) is 40.8 Å². The highest BCUT2D eigenvalue weighted by atomic mass is 127. The largest absolute Gasteiger partial charge is 0.492 e. The van der Waals surface area contributed by atoms with E-state index < -0.39 is 0 Å². The maximum Gasteiger partial charge on any atom is 0.194 e. The third-order valence-electron chi connectivity index (χ3n) is 4.71. The van der Waals surface area contributed by atoms with Crippen LogP contribution in [0.1, 0.15) is 43.5 Å². The summed E-state index contributed by atoms with van der Waals surface area (Å²) in [7, 11) is 8.13. The number of nitrogens with zero attached hydrogens (tertiary/aromatic N) is 5. The zero-order valence-corrected chi connectivity index (χ0v) is 22.4. The fraction of sp³-hybridized carbons (Fsp3) is 0.565. The first-order valence-electron chi connectivity index (χ1n) is 10.7. The Morgan fingerprint density at radius 1 is 1.26 bits per heavy atom. The number of ether oxygens (including phenoxy) is 1. The Kier molecular flexibility index (Phi) is 11.9. The molecule has 8 heteroatoms. The van der Waals surface area contributed by atoms with E-state index in [0.717, 1.165) is 42.6 Å². The maximum atomic E-state index is 5.85. The van der Waals surface area contributed by atoms with Crippen LogP contribution in [-0.4, -0.2) is 66.4 Å². The average molecular weight is 543 g/mol. The lowest BCUT2D eigenvalue weighted by Crippen LogP contribution is -2.38. The number of nitrogens with one attached hydrogen (secondary N) is 1. The van der Waals surface area contributed by atoms with Crippen LogP contribution in [0.2, 0.25) is 0 Å². The van der Waals surface area contributed by atoms with E-state index >= 15 is 0 Å². The van der Waals surface area contributed by atoms with Crippen molar-refractivity contribution in [3.8, 4) is 5.75 Å². The molecule has 0 atom stereocenters. The number of hydrogen-bond donors (Lipinski definition) is 1. The molecule has 174 valence electrons. The smallest absolute Gasteiger partial charge is 0.194 e. The molecule has 0 fully saturated rings. The fourth-order valence-corrected chi connectivity index (χ4v) is 3.21. The molecule has 7 nitrogen and oxygen atoms in total. The van der Waals surface area contributed by atoms with Crippen molar-refractivity contribution in [1.82, 2.24) is 24.9 Å². The van der Waals surface area contributed by atoms with Crippen molar-refractivity contribution >= 4 is 29.9 Å². The van der Waals surface area contributed by atoms with Crippen LogP contribution in [0.3, 0.4) is 0 Å². The van der Waals surface area contributed by atoms with Crippen LogP contribution in [0.15, 0.2) is 35.5 Å². The summed E-state index contributed by atoms with van der Waals surface area (Å²) in [5.74, 6) is 2.17. The predicted molar refractivity (Wildman–Crippen MR) is 139 cm³/mol. The number of halogens is 1. The summed E-state index contributed by atoms with van der Waals surface area (Å²) in [5, 5.41) is 8.02. The minimum atomic E-state index is 0. The molecular weight excluding hydrogens is 503 g/mol. The number of aromatic nitrogens is 2. The lowest BCUT2D eigenvalue weighted by molar-refractivity contribution is 0.261. The van der Waals surface area contributed by atoms with Gasteiger partial charge in [0.05, 0.1) is 12.2 Å². The number of rotatable bonds is 10. The van der Waals surface area contributed by atoms with Crippen LogP contribution in [0.4, 0.5) is 0 Å². The number of aryl methyl sites for hydroxylation is 1.